The van der Waals surface area contributed by atoms with Gasteiger partial charge in [0.05, 0.1) is 13.7 Å². The van der Waals surface area contributed by atoms with Gasteiger partial charge < -0.3 is 19.1 Å². The van der Waals surface area contributed by atoms with Gasteiger partial charge in [0, 0.05) is 39.4 Å². The summed E-state index contributed by atoms with van der Waals surface area (Å²) >= 11 is 0. The van der Waals surface area contributed by atoms with Crippen LogP contribution in [0.5, 0.6) is 5.75 Å². The van der Waals surface area contributed by atoms with Crippen molar-refractivity contribution in [3.8, 4) is 5.75 Å². The van der Waals surface area contributed by atoms with Crippen molar-refractivity contribution in [2.75, 3.05) is 54.6 Å². The number of carbonyl (C=O) groups excluding carboxylic acids is 1. The van der Waals surface area contributed by atoms with Crippen LogP contribution in [0.25, 0.3) is 0 Å². The van der Waals surface area contributed by atoms with Crippen LogP contribution in [0.4, 0.5) is 8.78 Å². The number of esters is 1. The molecule has 1 saturated carbocycles. The molecular formula is C21H33F2N3O4. The van der Waals surface area contributed by atoms with E-state index in [1.165, 1.54) is 19.2 Å². The van der Waals surface area contributed by atoms with Crippen LogP contribution in [0, 0.1) is 11.6 Å². The lowest BCUT2D eigenvalue weighted by Gasteiger charge is -2.36. The Morgan fingerprint density at radius 2 is 1.77 bits per heavy atom. The Kier molecular flexibility index (Phi) is 9.41. The molecule has 30 heavy (non-hydrogen) atoms. The van der Waals surface area contributed by atoms with Crippen LogP contribution in [0.1, 0.15) is 31.2 Å². The van der Waals surface area contributed by atoms with Crippen LogP contribution in [0.3, 0.4) is 0 Å². The molecule has 170 valence electrons. The van der Waals surface area contributed by atoms with Crippen molar-refractivity contribution in [2.45, 2.75) is 37.8 Å². The smallest absolute Gasteiger partial charge is 0.327 e. The summed E-state index contributed by atoms with van der Waals surface area (Å²) < 4.78 is 44.3. The fraction of sp³-hybridized carbons (Fsp3) is 0.667. The van der Waals surface area contributed by atoms with Gasteiger partial charge in [-0.25, -0.2) is 19.6 Å². The second-order valence-electron chi connectivity index (χ2n) is 7.62. The molecular weight excluding hydrogens is 396 g/mol. The second-order valence-corrected chi connectivity index (χ2v) is 7.62. The van der Waals surface area contributed by atoms with E-state index in [2.05, 4.69) is 5.43 Å². The largest absolute Gasteiger partial charge is 0.489 e. The van der Waals surface area contributed by atoms with Gasteiger partial charge in [-0.15, -0.1) is 0 Å². The first-order valence-electron chi connectivity index (χ1n) is 10.2. The molecule has 1 fully saturated rings. The average Bonchev–Trinajstić information content (AvgIpc) is 3.25. The van der Waals surface area contributed by atoms with Crippen molar-refractivity contribution in [1.29, 1.82) is 0 Å². The number of hydrogen-bond donors (Lipinski definition) is 1. The van der Waals surface area contributed by atoms with Crippen LogP contribution < -0.4 is 10.2 Å². The van der Waals surface area contributed by atoms with E-state index >= 15 is 0 Å². The minimum absolute atomic E-state index is 0.0397. The van der Waals surface area contributed by atoms with Gasteiger partial charge in [0.2, 0.25) is 5.82 Å². The highest BCUT2D eigenvalue weighted by atomic mass is 19.2. The van der Waals surface area contributed by atoms with E-state index < -0.39 is 17.2 Å². The molecule has 1 aromatic carbocycles. The number of nitrogens with one attached hydrogen (secondary N) is 1. The number of carbonyl (C=O) groups is 1. The van der Waals surface area contributed by atoms with E-state index in [9.17, 15) is 13.6 Å². The molecule has 1 N–H and O–H groups in total. The molecule has 0 spiro atoms. The SMILES string of the molecule is COCCN(C)CCOc1ccc(CNN(C)C2(C(=O)OC)CCCC2)c(F)c1F. The standard InChI is InChI=1S/C21H33F2N3O4/c1-25(11-13-28-3)12-14-30-17-8-7-16(18(22)19(17)23)15-24-26(2)21(20(27)29-4)9-5-6-10-21/h7-8,24H,5-6,9-15H2,1-4H3. The summed E-state index contributed by atoms with van der Waals surface area (Å²) in [6.07, 6.45) is 3.14. The summed E-state index contributed by atoms with van der Waals surface area (Å²) in [4.78, 5) is 14.3. The van der Waals surface area contributed by atoms with Crippen LogP contribution in [0.15, 0.2) is 12.1 Å². The molecule has 1 aliphatic carbocycles. The maximum atomic E-state index is 14.5. The molecule has 9 heteroatoms. The lowest BCUT2D eigenvalue weighted by atomic mass is 9.97. The molecule has 0 aliphatic heterocycles. The van der Waals surface area contributed by atoms with E-state index in [0.717, 1.165) is 19.4 Å². The molecule has 0 unspecified atom stereocenters. The fourth-order valence-corrected chi connectivity index (χ4v) is 3.67. The van der Waals surface area contributed by atoms with Gasteiger partial charge in [0.1, 0.15) is 12.1 Å². The quantitative estimate of drug-likeness (QED) is 0.404. The topological polar surface area (TPSA) is 63.3 Å². The number of benzene rings is 1. The van der Waals surface area contributed by atoms with Gasteiger partial charge in [0.15, 0.2) is 11.6 Å². The second kappa shape index (κ2) is 11.5. The third-order valence-corrected chi connectivity index (χ3v) is 5.68. The number of hydrogen-bond acceptors (Lipinski definition) is 7. The number of rotatable bonds is 12. The van der Waals surface area contributed by atoms with Crippen LogP contribution >= 0.6 is 0 Å². The lowest BCUT2D eigenvalue weighted by Crippen LogP contribution is -2.56. The molecule has 0 amide bonds. The molecule has 1 aromatic rings. The maximum Gasteiger partial charge on any atom is 0.327 e. The maximum absolute atomic E-state index is 14.5. The summed E-state index contributed by atoms with van der Waals surface area (Å²) in [5.41, 5.74) is 2.41. The number of hydrazine groups is 1. The molecule has 1 aliphatic rings. The Balaban J connectivity index is 1.94. The Bertz CT molecular complexity index is 699. The Morgan fingerprint density at radius 1 is 1.10 bits per heavy atom. The fourth-order valence-electron chi connectivity index (χ4n) is 3.67. The summed E-state index contributed by atoms with van der Waals surface area (Å²) in [6.45, 7) is 2.15. The third kappa shape index (κ3) is 5.87. The van der Waals surface area contributed by atoms with E-state index in [1.807, 2.05) is 11.9 Å². The van der Waals surface area contributed by atoms with Crippen molar-refractivity contribution in [3.63, 3.8) is 0 Å². The molecule has 0 radical (unpaired) electrons. The molecule has 0 aromatic heterocycles. The van der Waals surface area contributed by atoms with Gasteiger partial charge in [-0.3, -0.25) is 0 Å². The first-order chi connectivity index (χ1) is 14.4. The minimum atomic E-state index is -1.01. The van der Waals surface area contributed by atoms with Gasteiger partial charge in [-0.1, -0.05) is 18.9 Å². The number of ether oxygens (including phenoxy) is 3. The summed E-state index contributed by atoms with van der Waals surface area (Å²) in [6, 6.07) is 2.92. The van der Waals surface area contributed by atoms with Gasteiger partial charge >= 0.3 is 5.97 Å². The zero-order valence-corrected chi connectivity index (χ0v) is 18.3. The molecule has 2 rings (SSSR count). The van der Waals surface area contributed by atoms with E-state index in [1.54, 1.807) is 19.2 Å². The highest BCUT2D eigenvalue weighted by Crippen LogP contribution is 2.35. The van der Waals surface area contributed by atoms with E-state index in [-0.39, 0.29) is 30.4 Å². The van der Waals surface area contributed by atoms with Crippen molar-refractivity contribution in [1.82, 2.24) is 15.3 Å². The van der Waals surface area contributed by atoms with Crippen molar-refractivity contribution in [3.05, 3.63) is 29.3 Å². The van der Waals surface area contributed by atoms with Gasteiger partial charge in [-0.05, 0) is 26.0 Å². The predicted molar refractivity (Wildman–Crippen MR) is 109 cm³/mol. The van der Waals surface area contributed by atoms with E-state index in [0.29, 0.717) is 26.0 Å². The number of methoxy groups -OCH3 is 2. The third-order valence-electron chi connectivity index (χ3n) is 5.68. The van der Waals surface area contributed by atoms with Crippen LogP contribution in [0.2, 0.25) is 0 Å². The van der Waals surface area contributed by atoms with E-state index in [4.69, 9.17) is 14.2 Å². The van der Waals surface area contributed by atoms with Crippen LogP contribution in [-0.2, 0) is 20.8 Å². The summed E-state index contributed by atoms with van der Waals surface area (Å²) in [7, 11) is 6.61. The average molecular weight is 430 g/mol. The highest BCUT2D eigenvalue weighted by Gasteiger charge is 2.46. The monoisotopic (exact) mass is 429 g/mol. The number of likely N-dealkylation sites (N-methyl/N-ethyl adjacent to an activating group) is 2. The predicted octanol–water partition coefficient (Wildman–Crippen LogP) is 2.34. The number of halogens is 2. The van der Waals surface area contributed by atoms with Crippen molar-refractivity contribution < 1.29 is 27.8 Å². The molecule has 0 atom stereocenters. The summed E-state index contributed by atoms with van der Waals surface area (Å²) in [5.74, 6) is -2.41. The molecule has 7 nitrogen and oxygen atoms in total. The Morgan fingerprint density at radius 3 is 2.40 bits per heavy atom. The number of nitrogens with zero attached hydrogens (tertiary/aromatic N) is 2. The zero-order valence-electron chi connectivity index (χ0n) is 18.3. The minimum Gasteiger partial charge on any atom is -0.489 e. The van der Waals surface area contributed by atoms with Gasteiger partial charge in [0.25, 0.3) is 0 Å². The Labute approximate surface area is 177 Å². The lowest BCUT2D eigenvalue weighted by molar-refractivity contribution is -0.156. The summed E-state index contributed by atoms with van der Waals surface area (Å²) in [5, 5.41) is 1.67. The normalized spacial score (nSPS) is 15.7. The van der Waals surface area contributed by atoms with Crippen LogP contribution in [-0.4, -0.2) is 76.0 Å². The highest BCUT2D eigenvalue weighted by molar-refractivity contribution is 5.81. The van der Waals surface area contributed by atoms with Crippen molar-refractivity contribution >= 4 is 5.97 Å². The van der Waals surface area contributed by atoms with Gasteiger partial charge in [-0.2, -0.15) is 4.39 Å². The van der Waals surface area contributed by atoms with Crippen molar-refractivity contribution in [2.24, 2.45) is 0 Å². The Hall–Kier alpha value is -1.81. The molecule has 0 saturated heterocycles. The zero-order chi connectivity index (χ0) is 22.1. The molecule has 0 heterocycles. The first kappa shape index (κ1) is 24.5. The molecule has 0 bridgehead atoms. The first-order valence-corrected chi connectivity index (χ1v) is 10.2.